The molecule has 106 valence electrons. The van der Waals surface area contributed by atoms with Crippen molar-refractivity contribution in [3.63, 3.8) is 0 Å². The Labute approximate surface area is 124 Å². The van der Waals surface area contributed by atoms with Crippen LogP contribution >= 0.6 is 22.9 Å². The summed E-state index contributed by atoms with van der Waals surface area (Å²) in [6.07, 6.45) is 0.745. The van der Waals surface area contributed by atoms with Crippen LogP contribution in [0.15, 0.2) is 30.3 Å². The molecule has 2 aromatic rings. The van der Waals surface area contributed by atoms with Crippen molar-refractivity contribution >= 4 is 40.0 Å². The van der Waals surface area contributed by atoms with E-state index in [0.29, 0.717) is 12.2 Å². The second-order valence-corrected chi connectivity index (χ2v) is 5.79. The number of hydrogen-bond acceptors (Lipinski definition) is 6. The Hall–Kier alpha value is -1.83. The van der Waals surface area contributed by atoms with Gasteiger partial charge >= 0.3 is 5.69 Å². The summed E-state index contributed by atoms with van der Waals surface area (Å²) in [4.78, 5) is 11.8. The van der Waals surface area contributed by atoms with Gasteiger partial charge in [-0.3, -0.25) is 16.0 Å². The van der Waals surface area contributed by atoms with Gasteiger partial charge in [0.2, 0.25) is 0 Å². The third-order valence-electron chi connectivity index (χ3n) is 2.69. The molecule has 1 heterocycles. The van der Waals surface area contributed by atoms with Crippen LogP contribution in [-0.2, 0) is 6.42 Å². The minimum Gasteiger partial charge on any atom is -0.379 e. The van der Waals surface area contributed by atoms with E-state index in [1.165, 1.54) is 11.3 Å². The van der Waals surface area contributed by atoms with Crippen LogP contribution in [0.25, 0.3) is 0 Å². The Kier molecular flexibility index (Phi) is 4.78. The molecule has 0 bridgehead atoms. The number of halogens is 1. The fourth-order valence-corrected chi connectivity index (χ4v) is 2.89. The molecular weight excluding hydrogens is 300 g/mol. The van der Waals surface area contributed by atoms with Crippen LogP contribution < -0.4 is 16.6 Å². The molecule has 0 unspecified atom stereocenters. The van der Waals surface area contributed by atoms with Gasteiger partial charge in [0.15, 0.2) is 0 Å². The molecule has 0 saturated heterocycles. The van der Waals surface area contributed by atoms with E-state index in [2.05, 4.69) is 10.7 Å². The van der Waals surface area contributed by atoms with Gasteiger partial charge in [-0.2, -0.15) is 0 Å². The van der Waals surface area contributed by atoms with E-state index in [0.717, 1.165) is 15.6 Å². The molecule has 0 aliphatic rings. The average Bonchev–Trinajstić information content (AvgIpc) is 2.83. The summed E-state index contributed by atoms with van der Waals surface area (Å²) in [7, 11) is 0. The monoisotopic (exact) mass is 312 g/mol. The Bertz CT molecular complexity index is 617. The van der Waals surface area contributed by atoms with E-state index in [4.69, 9.17) is 17.4 Å². The maximum absolute atomic E-state index is 11.1. The molecule has 1 aromatic heterocycles. The molecule has 0 amide bonds. The summed E-state index contributed by atoms with van der Waals surface area (Å²) in [5.41, 5.74) is 2.99. The number of anilines is 2. The minimum atomic E-state index is -0.459. The van der Waals surface area contributed by atoms with Gasteiger partial charge in [-0.25, -0.2) is 0 Å². The van der Waals surface area contributed by atoms with Gasteiger partial charge < -0.3 is 10.7 Å². The Balaban J connectivity index is 2.07. The highest BCUT2D eigenvalue weighted by molar-refractivity contribution is 7.16. The van der Waals surface area contributed by atoms with Gasteiger partial charge in [0.05, 0.1) is 9.26 Å². The van der Waals surface area contributed by atoms with E-state index in [1.54, 1.807) is 18.2 Å². The van der Waals surface area contributed by atoms with Crippen LogP contribution in [-0.4, -0.2) is 11.5 Å². The molecule has 4 N–H and O–H groups in total. The lowest BCUT2D eigenvalue weighted by molar-refractivity contribution is -0.383. The second-order valence-electron chi connectivity index (χ2n) is 3.99. The molecule has 2 rings (SSSR count). The second kappa shape index (κ2) is 6.56. The van der Waals surface area contributed by atoms with Crippen molar-refractivity contribution < 1.29 is 4.92 Å². The molecule has 0 radical (unpaired) electrons. The quantitative estimate of drug-likeness (QED) is 0.432. The van der Waals surface area contributed by atoms with Crippen LogP contribution in [0.2, 0.25) is 4.34 Å². The molecule has 20 heavy (non-hydrogen) atoms. The molecule has 6 nitrogen and oxygen atoms in total. The average molecular weight is 313 g/mol. The topological polar surface area (TPSA) is 93.2 Å². The molecule has 1 aromatic carbocycles. The predicted octanol–water partition coefficient (Wildman–Crippen LogP) is 3.25. The van der Waals surface area contributed by atoms with Crippen LogP contribution in [0.4, 0.5) is 17.1 Å². The molecule has 0 aliphatic carbocycles. The van der Waals surface area contributed by atoms with Crippen molar-refractivity contribution in [3.05, 3.63) is 49.7 Å². The van der Waals surface area contributed by atoms with E-state index in [9.17, 15) is 10.1 Å². The smallest absolute Gasteiger partial charge is 0.316 e. The molecule has 0 saturated carbocycles. The van der Waals surface area contributed by atoms with E-state index in [1.807, 2.05) is 12.1 Å². The molecular formula is C12H13ClN4O2S. The largest absolute Gasteiger partial charge is 0.379 e. The molecule has 8 heteroatoms. The first-order valence-corrected chi connectivity index (χ1v) is 7.03. The Morgan fingerprint density at radius 1 is 1.30 bits per heavy atom. The number of rotatable bonds is 6. The maximum Gasteiger partial charge on any atom is 0.316 e. The number of nitrogens with two attached hydrogens (primary N) is 1. The van der Waals surface area contributed by atoms with Gasteiger partial charge in [0, 0.05) is 11.4 Å². The normalized spacial score (nSPS) is 10.3. The third-order valence-corrected chi connectivity index (χ3v) is 3.98. The highest BCUT2D eigenvalue weighted by Gasteiger charge is 2.18. The van der Waals surface area contributed by atoms with Crippen LogP contribution in [0.5, 0.6) is 0 Å². The minimum absolute atomic E-state index is 0.0563. The summed E-state index contributed by atoms with van der Waals surface area (Å²) >= 11 is 7.35. The molecule has 0 fully saturated rings. The lowest BCUT2D eigenvalue weighted by Crippen LogP contribution is -2.12. The zero-order chi connectivity index (χ0) is 14.5. The van der Waals surface area contributed by atoms with Crippen molar-refractivity contribution in [2.75, 3.05) is 17.3 Å². The number of para-hydroxylation sites is 1. The number of nitrogen functional groups attached to an aromatic ring is 1. The number of hydrazine groups is 1. The first kappa shape index (κ1) is 14.6. The predicted molar refractivity (Wildman–Crippen MR) is 82.4 cm³/mol. The fraction of sp³-hybridized carbons (Fsp3) is 0.167. The maximum atomic E-state index is 11.1. The third kappa shape index (κ3) is 3.38. The first-order valence-electron chi connectivity index (χ1n) is 5.84. The standard InChI is InChI=1S/C12H13ClN4O2S/c13-11-5-4-8(20-11)6-7-15-9-2-1-3-10(16-14)12(9)17(18)19/h1-5,15-16H,6-7,14H2. The number of nitrogens with one attached hydrogen (secondary N) is 2. The molecule has 0 spiro atoms. The number of hydrogen-bond donors (Lipinski definition) is 3. The summed E-state index contributed by atoms with van der Waals surface area (Å²) < 4.78 is 0.736. The molecule has 0 atom stereocenters. The zero-order valence-electron chi connectivity index (χ0n) is 10.4. The fourth-order valence-electron chi connectivity index (χ4n) is 1.81. The first-order chi connectivity index (χ1) is 9.61. The number of thiophene rings is 1. The lowest BCUT2D eigenvalue weighted by atomic mass is 10.2. The number of nitrogens with zero attached hydrogens (tertiary/aromatic N) is 1. The van der Waals surface area contributed by atoms with Crippen LogP contribution in [0.3, 0.4) is 0 Å². The summed E-state index contributed by atoms with van der Waals surface area (Å²) in [5, 5.41) is 14.1. The number of nitro benzene ring substituents is 1. The highest BCUT2D eigenvalue weighted by Crippen LogP contribution is 2.32. The molecule has 0 aliphatic heterocycles. The highest BCUT2D eigenvalue weighted by atomic mass is 35.5. The van der Waals surface area contributed by atoms with E-state index >= 15 is 0 Å². The van der Waals surface area contributed by atoms with Gasteiger partial charge in [0.25, 0.3) is 0 Å². The Morgan fingerprint density at radius 2 is 2.05 bits per heavy atom. The zero-order valence-corrected chi connectivity index (χ0v) is 12.0. The summed E-state index contributed by atoms with van der Waals surface area (Å²) in [6, 6.07) is 8.69. The lowest BCUT2D eigenvalue weighted by Gasteiger charge is -2.09. The van der Waals surface area contributed by atoms with E-state index in [-0.39, 0.29) is 11.4 Å². The number of nitro groups is 1. The van der Waals surface area contributed by atoms with Gasteiger partial charge in [-0.15, -0.1) is 11.3 Å². The van der Waals surface area contributed by atoms with Gasteiger partial charge in [-0.05, 0) is 30.7 Å². The van der Waals surface area contributed by atoms with Crippen LogP contribution in [0.1, 0.15) is 4.88 Å². The van der Waals surface area contributed by atoms with Crippen molar-refractivity contribution in [1.29, 1.82) is 0 Å². The van der Waals surface area contributed by atoms with E-state index < -0.39 is 4.92 Å². The van der Waals surface area contributed by atoms with Crippen LogP contribution in [0, 0.1) is 10.1 Å². The van der Waals surface area contributed by atoms with Crippen molar-refractivity contribution in [2.45, 2.75) is 6.42 Å². The van der Waals surface area contributed by atoms with Crippen molar-refractivity contribution in [3.8, 4) is 0 Å². The van der Waals surface area contributed by atoms with Crippen molar-refractivity contribution in [1.82, 2.24) is 0 Å². The van der Waals surface area contributed by atoms with Gasteiger partial charge in [-0.1, -0.05) is 17.7 Å². The van der Waals surface area contributed by atoms with Crippen molar-refractivity contribution in [2.24, 2.45) is 5.84 Å². The summed E-state index contributed by atoms with van der Waals surface area (Å²) in [6.45, 7) is 0.575. The SMILES string of the molecule is NNc1cccc(NCCc2ccc(Cl)s2)c1[N+](=O)[O-]. The number of benzene rings is 1. The van der Waals surface area contributed by atoms with Gasteiger partial charge in [0.1, 0.15) is 11.4 Å². The Morgan fingerprint density at radius 3 is 2.65 bits per heavy atom. The summed E-state index contributed by atoms with van der Waals surface area (Å²) in [5.74, 6) is 5.28.